The maximum Gasteiger partial charge on any atom is 0.215 e. The minimum Gasteiger partial charge on any atom is -0.471 e. The summed E-state index contributed by atoms with van der Waals surface area (Å²) in [5, 5.41) is 5.81. The van der Waals surface area contributed by atoms with Gasteiger partial charge in [-0.05, 0) is 55.7 Å². The van der Waals surface area contributed by atoms with Crippen LogP contribution in [0.5, 0.6) is 5.88 Å². The molecule has 0 N–H and O–H groups in total. The third-order valence-corrected chi connectivity index (χ3v) is 5.36. The molecule has 0 atom stereocenters. The highest BCUT2D eigenvalue weighted by molar-refractivity contribution is 5.84. The van der Waals surface area contributed by atoms with Crippen LogP contribution in [-0.2, 0) is 13.0 Å². The van der Waals surface area contributed by atoms with Crippen molar-refractivity contribution >= 4 is 16.7 Å². The smallest absolute Gasteiger partial charge is 0.215 e. The Balaban J connectivity index is 1.49. The van der Waals surface area contributed by atoms with Crippen molar-refractivity contribution in [1.82, 2.24) is 24.1 Å². The van der Waals surface area contributed by atoms with E-state index in [1.165, 1.54) is 5.56 Å². The first-order chi connectivity index (χ1) is 14.6. The standard InChI is InChI=1S/C24H23N5O/c1-4-18-8-10-20(11-9-18)29-24-23(17(3)27-29)16(2)13-22(26-24)30-15-19-14-28-12-6-5-7-21(28)25-19/h5-14H,4,15H2,1-3H3. The minimum absolute atomic E-state index is 0.359. The summed E-state index contributed by atoms with van der Waals surface area (Å²) < 4.78 is 9.90. The van der Waals surface area contributed by atoms with Crippen LogP contribution in [0, 0.1) is 13.8 Å². The molecule has 5 aromatic rings. The number of rotatable bonds is 5. The lowest BCUT2D eigenvalue weighted by molar-refractivity contribution is 0.290. The number of ether oxygens (including phenoxy) is 1. The van der Waals surface area contributed by atoms with Crippen LogP contribution in [0.3, 0.4) is 0 Å². The number of hydrogen-bond donors (Lipinski definition) is 0. The molecule has 30 heavy (non-hydrogen) atoms. The summed E-state index contributed by atoms with van der Waals surface area (Å²) in [5.41, 5.74) is 6.92. The molecule has 150 valence electrons. The lowest BCUT2D eigenvalue weighted by atomic mass is 10.1. The van der Waals surface area contributed by atoms with Crippen molar-refractivity contribution in [1.29, 1.82) is 0 Å². The molecule has 0 bridgehead atoms. The van der Waals surface area contributed by atoms with E-state index in [-0.39, 0.29) is 0 Å². The maximum absolute atomic E-state index is 6.02. The summed E-state index contributed by atoms with van der Waals surface area (Å²) in [4.78, 5) is 9.38. The van der Waals surface area contributed by atoms with Crippen LogP contribution in [0.2, 0.25) is 0 Å². The second-order valence-electron chi connectivity index (χ2n) is 7.48. The molecule has 4 heterocycles. The molecule has 0 aliphatic rings. The van der Waals surface area contributed by atoms with E-state index in [1.54, 1.807) is 0 Å². The molecule has 0 fully saturated rings. The van der Waals surface area contributed by atoms with Gasteiger partial charge in [0.1, 0.15) is 12.3 Å². The Bertz CT molecular complexity index is 1310. The summed E-state index contributed by atoms with van der Waals surface area (Å²) in [5.74, 6) is 0.573. The molecule has 5 rings (SSSR count). The van der Waals surface area contributed by atoms with Gasteiger partial charge in [-0.15, -0.1) is 0 Å². The minimum atomic E-state index is 0.359. The van der Waals surface area contributed by atoms with Crippen molar-refractivity contribution in [3.05, 3.63) is 83.4 Å². The van der Waals surface area contributed by atoms with Crippen LogP contribution in [0.4, 0.5) is 0 Å². The number of hydrogen-bond acceptors (Lipinski definition) is 4. The Labute approximate surface area is 174 Å². The van der Waals surface area contributed by atoms with Gasteiger partial charge in [-0.3, -0.25) is 0 Å². The summed E-state index contributed by atoms with van der Waals surface area (Å²) in [6.45, 7) is 6.60. The van der Waals surface area contributed by atoms with Crippen molar-refractivity contribution in [3.63, 3.8) is 0 Å². The van der Waals surface area contributed by atoms with E-state index in [4.69, 9.17) is 14.8 Å². The number of aromatic nitrogens is 5. The zero-order valence-electron chi connectivity index (χ0n) is 17.3. The maximum atomic E-state index is 6.02. The first-order valence-electron chi connectivity index (χ1n) is 10.1. The third kappa shape index (κ3) is 3.20. The molecule has 0 aliphatic carbocycles. The lowest BCUT2D eigenvalue weighted by Crippen LogP contribution is -2.01. The predicted molar refractivity (Wildman–Crippen MR) is 117 cm³/mol. The van der Waals surface area contributed by atoms with Crippen LogP contribution in [-0.4, -0.2) is 24.1 Å². The zero-order valence-corrected chi connectivity index (χ0v) is 17.3. The second kappa shape index (κ2) is 7.30. The Kier molecular flexibility index (Phi) is 4.47. The van der Waals surface area contributed by atoms with E-state index in [2.05, 4.69) is 43.1 Å². The molecular formula is C24H23N5O. The summed E-state index contributed by atoms with van der Waals surface area (Å²) in [7, 11) is 0. The topological polar surface area (TPSA) is 57.2 Å². The van der Waals surface area contributed by atoms with Gasteiger partial charge in [-0.1, -0.05) is 25.1 Å². The summed E-state index contributed by atoms with van der Waals surface area (Å²) in [6, 6.07) is 16.3. The van der Waals surface area contributed by atoms with Crippen molar-refractivity contribution in [2.75, 3.05) is 0 Å². The largest absolute Gasteiger partial charge is 0.471 e. The van der Waals surface area contributed by atoms with Gasteiger partial charge in [0.05, 0.1) is 17.1 Å². The Morgan fingerprint density at radius 2 is 1.83 bits per heavy atom. The highest BCUT2D eigenvalue weighted by atomic mass is 16.5. The fraction of sp³-hybridized carbons (Fsp3) is 0.208. The molecule has 6 nitrogen and oxygen atoms in total. The molecular weight excluding hydrogens is 374 g/mol. The molecule has 1 aromatic carbocycles. The van der Waals surface area contributed by atoms with E-state index in [0.717, 1.165) is 45.7 Å². The number of nitrogens with zero attached hydrogens (tertiary/aromatic N) is 5. The van der Waals surface area contributed by atoms with Crippen molar-refractivity contribution < 1.29 is 4.74 Å². The number of pyridine rings is 2. The number of fused-ring (bicyclic) bond motifs is 2. The van der Waals surface area contributed by atoms with Crippen LogP contribution in [0.25, 0.3) is 22.4 Å². The van der Waals surface area contributed by atoms with Crippen molar-refractivity contribution in [3.8, 4) is 11.6 Å². The zero-order chi connectivity index (χ0) is 20.7. The summed E-state index contributed by atoms with van der Waals surface area (Å²) >= 11 is 0. The van der Waals surface area contributed by atoms with Gasteiger partial charge in [0.25, 0.3) is 0 Å². The van der Waals surface area contributed by atoms with E-state index >= 15 is 0 Å². The highest BCUT2D eigenvalue weighted by Gasteiger charge is 2.15. The normalized spacial score (nSPS) is 11.4. The van der Waals surface area contributed by atoms with Crippen LogP contribution < -0.4 is 4.74 Å². The second-order valence-corrected chi connectivity index (χ2v) is 7.48. The van der Waals surface area contributed by atoms with Crippen molar-refractivity contribution in [2.45, 2.75) is 33.8 Å². The molecule has 4 aromatic heterocycles. The van der Waals surface area contributed by atoms with E-state index in [0.29, 0.717) is 12.5 Å². The van der Waals surface area contributed by atoms with Gasteiger partial charge in [-0.25, -0.2) is 9.67 Å². The van der Waals surface area contributed by atoms with Gasteiger partial charge < -0.3 is 9.14 Å². The number of imidazole rings is 1. The monoisotopic (exact) mass is 397 g/mol. The van der Waals surface area contributed by atoms with Gasteiger partial charge >= 0.3 is 0 Å². The number of aryl methyl sites for hydroxylation is 3. The molecule has 0 saturated heterocycles. The number of benzene rings is 1. The Morgan fingerprint density at radius 3 is 2.60 bits per heavy atom. The van der Waals surface area contributed by atoms with Crippen LogP contribution >= 0.6 is 0 Å². The molecule has 0 amide bonds. The van der Waals surface area contributed by atoms with Crippen LogP contribution in [0.1, 0.15) is 29.4 Å². The molecule has 0 aliphatic heterocycles. The summed E-state index contributed by atoms with van der Waals surface area (Å²) in [6.07, 6.45) is 4.97. The average molecular weight is 397 g/mol. The molecule has 0 spiro atoms. The first kappa shape index (κ1) is 18.4. The Hall–Kier alpha value is -3.67. The molecule has 0 radical (unpaired) electrons. The lowest BCUT2D eigenvalue weighted by Gasteiger charge is -2.08. The third-order valence-electron chi connectivity index (χ3n) is 5.36. The SMILES string of the molecule is CCc1ccc(-n2nc(C)c3c(C)cc(OCc4cn5ccccc5n4)nc32)cc1. The predicted octanol–water partition coefficient (Wildman–Crippen LogP) is 4.83. The first-order valence-corrected chi connectivity index (χ1v) is 10.1. The quantitative estimate of drug-likeness (QED) is 0.426. The average Bonchev–Trinajstić information content (AvgIpc) is 3.33. The molecule has 0 unspecified atom stereocenters. The van der Waals surface area contributed by atoms with Gasteiger partial charge in [0, 0.05) is 23.8 Å². The van der Waals surface area contributed by atoms with Gasteiger partial charge in [0.2, 0.25) is 5.88 Å². The Morgan fingerprint density at radius 1 is 1.00 bits per heavy atom. The van der Waals surface area contributed by atoms with E-state index < -0.39 is 0 Å². The van der Waals surface area contributed by atoms with Crippen molar-refractivity contribution in [2.24, 2.45) is 0 Å². The molecule has 0 saturated carbocycles. The highest BCUT2D eigenvalue weighted by Crippen LogP contribution is 2.27. The van der Waals surface area contributed by atoms with E-state index in [9.17, 15) is 0 Å². The van der Waals surface area contributed by atoms with E-state index in [1.807, 2.05) is 52.7 Å². The van der Waals surface area contributed by atoms with Gasteiger partial charge in [0.15, 0.2) is 5.65 Å². The fourth-order valence-electron chi connectivity index (χ4n) is 3.81. The fourth-order valence-corrected chi connectivity index (χ4v) is 3.81. The van der Waals surface area contributed by atoms with Crippen LogP contribution in [0.15, 0.2) is 60.9 Å². The van der Waals surface area contributed by atoms with Gasteiger partial charge in [-0.2, -0.15) is 10.1 Å². The molecule has 6 heteroatoms.